The molecule has 1 atom stereocenters. The molecule has 5 aromatic rings. The summed E-state index contributed by atoms with van der Waals surface area (Å²) < 4.78 is 39.5. The fourth-order valence-electron chi connectivity index (χ4n) is 6.07. The zero-order valence-electron chi connectivity index (χ0n) is 27.9. The van der Waals surface area contributed by atoms with Crippen LogP contribution in [-0.2, 0) is 35.3 Å². The van der Waals surface area contributed by atoms with Crippen molar-refractivity contribution in [2.45, 2.75) is 31.7 Å². The lowest BCUT2D eigenvalue weighted by atomic mass is 10.0. The topological polar surface area (TPSA) is 82.5 Å². The minimum Gasteiger partial charge on any atom is -0.338 e. The third kappa shape index (κ3) is 9.52. The van der Waals surface area contributed by atoms with Crippen LogP contribution in [0.15, 0.2) is 128 Å². The minimum atomic E-state index is -4.46. The van der Waals surface area contributed by atoms with Gasteiger partial charge in [0.15, 0.2) is 0 Å². The van der Waals surface area contributed by atoms with E-state index in [-0.39, 0.29) is 18.9 Å². The molecule has 3 aromatic carbocycles. The molecule has 11 heteroatoms. The van der Waals surface area contributed by atoms with E-state index >= 15 is 0 Å². The molecule has 51 heavy (non-hydrogen) atoms. The van der Waals surface area contributed by atoms with Crippen LogP contribution in [0.1, 0.15) is 27.8 Å². The van der Waals surface area contributed by atoms with E-state index in [0.29, 0.717) is 38.3 Å². The number of alkyl halides is 3. The summed E-state index contributed by atoms with van der Waals surface area (Å²) in [5, 5.41) is 0. The Morgan fingerprint density at radius 3 is 2.12 bits per heavy atom. The smallest absolute Gasteiger partial charge is 0.338 e. The summed E-state index contributed by atoms with van der Waals surface area (Å²) >= 11 is 0. The van der Waals surface area contributed by atoms with Crippen LogP contribution in [0.3, 0.4) is 0 Å². The summed E-state index contributed by atoms with van der Waals surface area (Å²) in [6, 6.07) is 26.7. The normalized spacial score (nSPS) is 14.4. The maximum atomic E-state index is 14.5. The highest BCUT2D eigenvalue weighted by Crippen LogP contribution is 2.29. The molecule has 3 heterocycles. The fourth-order valence-corrected chi connectivity index (χ4v) is 6.07. The first kappa shape index (κ1) is 35.2. The van der Waals surface area contributed by atoms with Crippen LogP contribution < -0.4 is 0 Å². The van der Waals surface area contributed by atoms with Crippen LogP contribution in [0.2, 0.25) is 0 Å². The van der Waals surface area contributed by atoms with Crippen LogP contribution >= 0.6 is 0 Å². The van der Waals surface area contributed by atoms with Gasteiger partial charge in [0.05, 0.1) is 11.3 Å². The van der Waals surface area contributed by atoms with Gasteiger partial charge in [-0.15, -0.1) is 0 Å². The van der Waals surface area contributed by atoms with Gasteiger partial charge in [-0.2, -0.15) is 13.2 Å². The van der Waals surface area contributed by atoms with E-state index in [1.165, 1.54) is 30.6 Å². The first-order chi connectivity index (χ1) is 24.7. The van der Waals surface area contributed by atoms with Gasteiger partial charge in [0.1, 0.15) is 12.4 Å². The molecule has 1 saturated heterocycles. The van der Waals surface area contributed by atoms with Gasteiger partial charge < -0.3 is 9.80 Å². The van der Waals surface area contributed by atoms with Crippen molar-refractivity contribution < 1.29 is 22.8 Å². The summed E-state index contributed by atoms with van der Waals surface area (Å²) in [4.78, 5) is 46.9. The predicted octanol–water partition coefficient (Wildman–Crippen LogP) is 6.56. The van der Waals surface area contributed by atoms with Crippen LogP contribution in [0.5, 0.6) is 0 Å². The Morgan fingerprint density at radius 1 is 0.784 bits per heavy atom. The number of carbonyl (C=O) groups excluding carboxylic acids is 2. The molecular weight excluding hydrogens is 653 g/mol. The second kappa shape index (κ2) is 16.4. The molecule has 1 aliphatic rings. The molecule has 0 N–H and O–H groups in total. The molecular formula is C40H37F3N6O2. The average molecular weight is 691 g/mol. The average Bonchev–Trinajstić information content (AvgIpc) is 3.16. The SMILES string of the molecule is O=C([C@H](Cc1ccccc1)N(Cc1ccc(-c2ccccn2)cc1)C(=O)C=Cc1ccc(C(F)(F)F)cc1)N1CCN(Cc2cncnc2)CC1. The molecule has 0 unspecified atom stereocenters. The van der Waals surface area contributed by atoms with Crippen molar-refractivity contribution in [3.8, 4) is 11.3 Å². The summed E-state index contributed by atoms with van der Waals surface area (Å²) in [5.74, 6) is -0.594. The lowest BCUT2D eigenvalue weighted by molar-refractivity contribution is -0.145. The molecule has 0 saturated carbocycles. The van der Waals surface area contributed by atoms with Crippen LogP contribution in [0.4, 0.5) is 13.2 Å². The summed E-state index contributed by atoms with van der Waals surface area (Å²) in [5.41, 5.74) is 4.09. The van der Waals surface area contributed by atoms with E-state index < -0.39 is 23.7 Å². The quantitative estimate of drug-likeness (QED) is 0.146. The van der Waals surface area contributed by atoms with Gasteiger partial charge >= 0.3 is 6.18 Å². The number of pyridine rings is 1. The standard InChI is InChI=1S/C40H37F3N6O2/c41-40(42,43)35-16-11-30(12-17-35)13-18-38(50)49(28-32-9-14-34(15-10-32)36-8-4-5-19-46-36)37(24-31-6-2-1-3-7-31)39(51)48-22-20-47(21-23-48)27-33-25-44-29-45-26-33/h1-19,25-26,29,37H,20-24,27-28H2/t37-/m0/s1. The number of nitrogens with zero attached hydrogens (tertiary/aromatic N) is 6. The molecule has 2 aromatic heterocycles. The lowest BCUT2D eigenvalue weighted by Crippen LogP contribution is -2.56. The number of hydrogen-bond donors (Lipinski definition) is 0. The monoisotopic (exact) mass is 690 g/mol. The minimum absolute atomic E-state index is 0.135. The Balaban J connectivity index is 1.28. The number of rotatable bonds is 11. The van der Waals surface area contributed by atoms with Crippen LogP contribution in [-0.4, -0.2) is 73.7 Å². The van der Waals surface area contributed by atoms with Gasteiger partial charge in [0.2, 0.25) is 11.8 Å². The molecule has 1 fully saturated rings. The highest BCUT2D eigenvalue weighted by Gasteiger charge is 2.34. The molecule has 0 radical (unpaired) electrons. The second-order valence-corrected chi connectivity index (χ2v) is 12.4. The van der Waals surface area contributed by atoms with E-state index in [0.717, 1.165) is 40.1 Å². The van der Waals surface area contributed by atoms with E-state index in [1.807, 2.05) is 77.7 Å². The molecule has 1 aliphatic heterocycles. The highest BCUT2D eigenvalue weighted by molar-refractivity contribution is 5.95. The van der Waals surface area contributed by atoms with Gasteiger partial charge in [0, 0.05) is 81.5 Å². The molecule has 260 valence electrons. The Labute approximate surface area is 294 Å². The Hall–Kier alpha value is -5.68. The number of aromatic nitrogens is 3. The molecule has 6 rings (SSSR count). The van der Waals surface area contributed by atoms with E-state index in [4.69, 9.17) is 0 Å². The van der Waals surface area contributed by atoms with Crippen LogP contribution in [0, 0.1) is 0 Å². The Bertz CT molecular complexity index is 1900. The Kier molecular flexibility index (Phi) is 11.3. The number of piperazine rings is 1. The number of hydrogen-bond acceptors (Lipinski definition) is 6. The first-order valence-electron chi connectivity index (χ1n) is 16.7. The lowest BCUT2D eigenvalue weighted by Gasteiger charge is -2.39. The van der Waals surface area contributed by atoms with E-state index in [1.54, 1.807) is 23.5 Å². The van der Waals surface area contributed by atoms with Crippen molar-refractivity contribution in [1.29, 1.82) is 0 Å². The fraction of sp³-hybridized carbons (Fsp3) is 0.225. The van der Waals surface area contributed by atoms with Gasteiger partial charge in [-0.3, -0.25) is 19.5 Å². The third-order valence-corrected chi connectivity index (χ3v) is 8.84. The van der Waals surface area contributed by atoms with Crippen molar-refractivity contribution >= 4 is 17.9 Å². The largest absolute Gasteiger partial charge is 0.416 e. The van der Waals surface area contributed by atoms with Gasteiger partial charge in [-0.05, 0) is 47.0 Å². The molecule has 2 amide bonds. The Morgan fingerprint density at radius 2 is 1.47 bits per heavy atom. The molecule has 0 spiro atoms. The molecule has 8 nitrogen and oxygen atoms in total. The number of amides is 2. The first-order valence-corrected chi connectivity index (χ1v) is 16.7. The van der Waals surface area contributed by atoms with Crippen molar-refractivity contribution in [3.05, 3.63) is 156 Å². The third-order valence-electron chi connectivity index (χ3n) is 8.84. The number of halogens is 3. The maximum Gasteiger partial charge on any atom is 0.416 e. The summed E-state index contributed by atoms with van der Waals surface area (Å²) in [7, 11) is 0. The van der Waals surface area contributed by atoms with E-state index in [9.17, 15) is 22.8 Å². The summed E-state index contributed by atoms with van der Waals surface area (Å²) in [6.45, 7) is 3.07. The maximum absolute atomic E-state index is 14.5. The molecule has 0 aliphatic carbocycles. The molecule has 0 bridgehead atoms. The second-order valence-electron chi connectivity index (χ2n) is 12.4. The zero-order valence-corrected chi connectivity index (χ0v) is 27.9. The van der Waals surface area contributed by atoms with Gasteiger partial charge in [0.25, 0.3) is 0 Å². The zero-order chi connectivity index (χ0) is 35.6. The van der Waals surface area contributed by atoms with Gasteiger partial charge in [-0.1, -0.05) is 72.8 Å². The van der Waals surface area contributed by atoms with Crippen molar-refractivity contribution in [1.82, 2.24) is 29.7 Å². The van der Waals surface area contributed by atoms with Crippen LogP contribution in [0.25, 0.3) is 17.3 Å². The predicted molar refractivity (Wildman–Crippen MR) is 189 cm³/mol. The van der Waals surface area contributed by atoms with Crippen molar-refractivity contribution in [2.75, 3.05) is 26.2 Å². The van der Waals surface area contributed by atoms with E-state index in [2.05, 4.69) is 19.9 Å². The number of benzene rings is 3. The number of carbonyl (C=O) groups is 2. The van der Waals surface area contributed by atoms with Crippen molar-refractivity contribution in [3.63, 3.8) is 0 Å². The summed E-state index contributed by atoms with van der Waals surface area (Å²) in [6.07, 6.45) is 5.41. The van der Waals surface area contributed by atoms with Crippen molar-refractivity contribution in [2.24, 2.45) is 0 Å². The highest BCUT2D eigenvalue weighted by atomic mass is 19.4. The van der Waals surface area contributed by atoms with Gasteiger partial charge in [-0.25, -0.2) is 9.97 Å².